The predicted molar refractivity (Wildman–Crippen MR) is 95.3 cm³/mol. The van der Waals surface area contributed by atoms with Gasteiger partial charge in [0.1, 0.15) is 5.82 Å². The van der Waals surface area contributed by atoms with Gasteiger partial charge in [-0.2, -0.15) is 19.4 Å². The molecule has 0 aromatic carbocycles. The van der Waals surface area contributed by atoms with Crippen molar-refractivity contribution < 1.29 is 4.57 Å². The monoisotopic (exact) mass is 336 g/mol. The van der Waals surface area contributed by atoms with Crippen molar-refractivity contribution in [2.24, 2.45) is 7.05 Å². The molecule has 1 atom stereocenters. The van der Waals surface area contributed by atoms with Crippen LogP contribution in [-0.2, 0) is 7.05 Å². The normalized spacial score (nSPS) is 13.0. The van der Waals surface area contributed by atoms with E-state index in [1.807, 2.05) is 43.4 Å². The zero-order chi connectivity index (χ0) is 17.9. The van der Waals surface area contributed by atoms with Gasteiger partial charge in [-0.1, -0.05) is 0 Å². The van der Waals surface area contributed by atoms with Crippen molar-refractivity contribution in [1.82, 2.24) is 29.5 Å². The summed E-state index contributed by atoms with van der Waals surface area (Å²) in [5.41, 5.74) is 5.12. The third-order valence-electron chi connectivity index (χ3n) is 4.85. The Balaban J connectivity index is 1.93. The number of hydrogen-bond donors (Lipinski definition) is 0. The third kappa shape index (κ3) is 2.30. The summed E-state index contributed by atoms with van der Waals surface area (Å²) in [6.45, 7) is 10.2. The molecule has 0 aliphatic carbocycles. The summed E-state index contributed by atoms with van der Waals surface area (Å²) in [5, 5.41) is 11.4. The van der Waals surface area contributed by atoms with E-state index in [2.05, 4.69) is 45.7 Å². The minimum atomic E-state index is -0.00509. The molecule has 4 heterocycles. The lowest BCUT2D eigenvalue weighted by Crippen LogP contribution is -2.44. The van der Waals surface area contributed by atoms with Gasteiger partial charge in [0, 0.05) is 33.2 Å². The van der Waals surface area contributed by atoms with Gasteiger partial charge in [-0.25, -0.2) is 9.97 Å². The number of aromatic nitrogens is 7. The summed E-state index contributed by atoms with van der Waals surface area (Å²) in [6.07, 6.45) is 4.01. The summed E-state index contributed by atoms with van der Waals surface area (Å²) in [7, 11) is 1.98. The van der Waals surface area contributed by atoms with E-state index >= 15 is 0 Å². The molecule has 1 unspecified atom stereocenters. The van der Waals surface area contributed by atoms with E-state index in [0.717, 1.165) is 44.8 Å². The van der Waals surface area contributed by atoms with Crippen LogP contribution in [0.2, 0.25) is 0 Å². The van der Waals surface area contributed by atoms with Crippen molar-refractivity contribution in [1.29, 1.82) is 0 Å². The summed E-state index contributed by atoms with van der Waals surface area (Å²) in [4.78, 5) is 8.92. The number of rotatable bonds is 2. The van der Waals surface area contributed by atoms with Crippen molar-refractivity contribution in [3.8, 4) is 0 Å². The molecule has 4 aromatic rings. The molecule has 0 N–H and O–H groups in total. The van der Waals surface area contributed by atoms with Crippen LogP contribution in [0.4, 0.5) is 0 Å². The number of hydrogen-bond acceptors (Lipinski definition) is 4. The van der Waals surface area contributed by atoms with E-state index < -0.39 is 0 Å². The van der Waals surface area contributed by atoms with Crippen molar-refractivity contribution in [3.05, 3.63) is 41.4 Å². The van der Waals surface area contributed by atoms with Crippen LogP contribution in [0, 0.1) is 27.7 Å². The smallest absolute Gasteiger partial charge is 0.251 e. The molecular formula is C18H22N7+. The second-order valence-electron chi connectivity index (χ2n) is 6.65. The Morgan fingerprint density at radius 3 is 2.52 bits per heavy atom. The molecule has 0 spiro atoms. The summed E-state index contributed by atoms with van der Waals surface area (Å²) in [5.74, 6) is 0.751. The van der Waals surface area contributed by atoms with E-state index in [-0.39, 0.29) is 6.17 Å². The quantitative estimate of drug-likeness (QED) is 0.527. The molecule has 25 heavy (non-hydrogen) atoms. The standard InChI is InChI=1S/C18H22N7/c1-10-7-17-16(12(3)21-23(17)6)9-24(10)14(5)25-18-15(11(2)22-25)8-19-13(4)20-18/h7-9,14H,1-6H3/q+1. The Labute approximate surface area is 145 Å². The van der Waals surface area contributed by atoms with E-state index in [1.54, 1.807) is 0 Å². The van der Waals surface area contributed by atoms with Crippen LogP contribution >= 0.6 is 0 Å². The van der Waals surface area contributed by atoms with E-state index in [1.165, 1.54) is 0 Å². The van der Waals surface area contributed by atoms with E-state index in [4.69, 9.17) is 5.10 Å². The lowest BCUT2D eigenvalue weighted by Gasteiger charge is -2.11. The van der Waals surface area contributed by atoms with Crippen LogP contribution < -0.4 is 4.57 Å². The average Bonchev–Trinajstić information content (AvgIpc) is 3.03. The van der Waals surface area contributed by atoms with Gasteiger partial charge in [0.2, 0.25) is 0 Å². The fraction of sp³-hybridized carbons (Fsp3) is 0.389. The highest BCUT2D eigenvalue weighted by Crippen LogP contribution is 2.20. The Morgan fingerprint density at radius 2 is 1.76 bits per heavy atom. The topological polar surface area (TPSA) is 65.3 Å². The fourth-order valence-electron chi connectivity index (χ4n) is 3.47. The zero-order valence-corrected chi connectivity index (χ0v) is 15.4. The zero-order valence-electron chi connectivity index (χ0n) is 15.4. The van der Waals surface area contributed by atoms with Gasteiger partial charge in [-0.05, 0) is 20.8 Å². The molecular weight excluding hydrogens is 314 g/mol. The van der Waals surface area contributed by atoms with Gasteiger partial charge < -0.3 is 0 Å². The highest BCUT2D eigenvalue weighted by molar-refractivity contribution is 5.80. The maximum Gasteiger partial charge on any atom is 0.251 e. The Kier molecular flexibility index (Phi) is 3.35. The van der Waals surface area contributed by atoms with Gasteiger partial charge in [0.15, 0.2) is 17.5 Å². The third-order valence-corrected chi connectivity index (χ3v) is 4.85. The number of pyridine rings is 1. The first-order chi connectivity index (χ1) is 11.9. The minimum absolute atomic E-state index is 0.00509. The first kappa shape index (κ1) is 15.7. The summed E-state index contributed by atoms with van der Waals surface area (Å²) in [6, 6.07) is 2.17. The molecule has 0 fully saturated rings. The maximum atomic E-state index is 4.73. The lowest BCUT2D eigenvalue weighted by molar-refractivity contribution is -0.729. The molecule has 0 saturated carbocycles. The molecule has 0 saturated heterocycles. The van der Waals surface area contributed by atoms with Crippen molar-refractivity contribution >= 4 is 21.9 Å². The number of nitrogens with zero attached hydrogens (tertiary/aromatic N) is 7. The Hall–Kier alpha value is -2.83. The van der Waals surface area contributed by atoms with E-state index in [0.29, 0.717) is 0 Å². The van der Waals surface area contributed by atoms with Gasteiger partial charge in [-0.3, -0.25) is 4.68 Å². The van der Waals surface area contributed by atoms with Gasteiger partial charge >= 0.3 is 0 Å². The molecule has 0 aliphatic rings. The number of fused-ring (bicyclic) bond motifs is 2. The van der Waals surface area contributed by atoms with Gasteiger partial charge in [0.05, 0.1) is 27.7 Å². The van der Waals surface area contributed by atoms with Crippen LogP contribution in [0.5, 0.6) is 0 Å². The van der Waals surface area contributed by atoms with Crippen molar-refractivity contribution in [3.63, 3.8) is 0 Å². The largest absolute Gasteiger partial charge is 0.267 e. The first-order valence-electron chi connectivity index (χ1n) is 8.40. The van der Waals surface area contributed by atoms with Crippen LogP contribution in [0.1, 0.15) is 36.0 Å². The van der Waals surface area contributed by atoms with Gasteiger partial charge in [-0.15, -0.1) is 0 Å². The van der Waals surface area contributed by atoms with Crippen LogP contribution in [-0.4, -0.2) is 29.5 Å². The SMILES string of the molecule is Cc1ncc2c(C)nn(C(C)[n+]3cc4c(C)nn(C)c4cc3C)c2n1. The Bertz CT molecular complexity index is 1120. The lowest BCUT2D eigenvalue weighted by atomic mass is 10.2. The van der Waals surface area contributed by atoms with Crippen LogP contribution in [0.15, 0.2) is 18.5 Å². The highest BCUT2D eigenvalue weighted by Gasteiger charge is 2.24. The first-order valence-corrected chi connectivity index (χ1v) is 8.40. The van der Waals surface area contributed by atoms with Crippen LogP contribution in [0.3, 0.4) is 0 Å². The van der Waals surface area contributed by atoms with Crippen molar-refractivity contribution in [2.75, 3.05) is 0 Å². The van der Waals surface area contributed by atoms with E-state index in [9.17, 15) is 0 Å². The maximum absolute atomic E-state index is 4.73. The fourth-order valence-corrected chi connectivity index (χ4v) is 3.47. The highest BCUT2D eigenvalue weighted by atomic mass is 15.4. The molecule has 4 aromatic heterocycles. The van der Waals surface area contributed by atoms with Crippen LogP contribution in [0.25, 0.3) is 21.9 Å². The summed E-state index contributed by atoms with van der Waals surface area (Å²) < 4.78 is 6.13. The molecule has 7 nitrogen and oxygen atoms in total. The molecule has 0 bridgehead atoms. The summed E-state index contributed by atoms with van der Waals surface area (Å²) >= 11 is 0. The number of aryl methyl sites for hydroxylation is 5. The molecule has 0 radical (unpaired) electrons. The minimum Gasteiger partial charge on any atom is -0.267 e. The molecule has 128 valence electrons. The second kappa shape index (κ2) is 5.34. The molecule has 7 heteroatoms. The second-order valence-corrected chi connectivity index (χ2v) is 6.65. The predicted octanol–water partition coefficient (Wildman–Crippen LogP) is 2.30. The molecule has 0 aliphatic heterocycles. The molecule has 4 rings (SSSR count). The van der Waals surface area contributed by atoms with Crippen molar-refractivity contribution in [2.45, 2.75) is 40.8 Å². The molecule has 0 amide bonds. The van der Waals surface area contributed by atoms with Gasteiger partial charge in [0.25, 0.3) is 6.17 Å². The Morgan fingerprint density at radius 1 is 1.04 bits per heavy atom. The average molecular weight is 336 g/mol.